The minimum Gasteiger partial charge on any atom is -0.295 e. The van der Waals surface area contributed by atoms with Gasteiger partial charge in [-0.15, -0.1) is 0 Å². The molecule has 1 atom stereocenters. The molecule has 0 bridgehead atoms. The monoisotopic (exact) mass is 354 g/mol. The molecule has 0 aromatic carbocycles. The first-order valence-corrected chi connectivity index (χ1v) is 6.34. The van der Waals surface area contributed by atoms with Crippen LogP contribution in [0, 0.1) is 0 Å². The number of piperazine rings is 1. The fourth-order valence-corrected chi connectivity index (χ4v) is 2.20. The molecule has 0 aromatic heterocycles. The Morgan fingerprint density at radius 3 is 2.06 bits per heavy atom. The van der Waals surface area contributed by atoms with E-state index in [-0.39, 0.29) is 0 Å². The molecular formula is C9H15F4IN2. The summed E-state index contributed by atoms with van der Waals surface area (Å²) in [7, 11) is 0. The Balaban J connectivity index is 2.37. The summed E-state index contributed by atoms with van der Waals surface area (Å²) in [6.07, 6.45) is -3.57. The van der Waals surface area contributed by atoms with Crippen LogP contribution in [-0.4, -0.2) is 58.9 Å². The van der Waals surface area contributed by atoms with Gasteiger partial charge in [0.25, 0.3) is 0 Å². The van der Waals surface area contributed by atoms with Crippen molar-refractivity contribution in [2.24, 2.45) is 0 Å². The highest BCUT2D eigenvalue weighted by atomic mass is 127. The normalized spacial score (nSPS) is 22.7. The van der Waals surface area contributed by atoms with E-state index in [1.54, 1.807) is 0 Å². The zero-order valence-corrected chi connectivity index (χ0v) is 11.1. The molecule has 1 fully saturated rings. The standard InChI is InChI=1S/C9H15F4IN2/c1-7(14)16-4-2-15(3-5-16)6-9(12,13)8(10)11/h7-8H,2-6H2,1H3. The van der Waals surface area contributed by atoms with Gasteiger partial charge in [0, 0.05) is 26.2 Å². The van der Waals surface area contributed by atoms with Gasteiger partial charge in [0.05, 0.1) is 10.6 Å². The van der Waals surface area contributed by atoms with Gasteiger partial charge in [-0.05, 0) is 6.92 Å². The van der Waals surface area contributed by atoms with Crippen LogP contribution in [0.15, 0.2) is 0 Å². The lowest BCUT2D eigenvalue weighted by Gasteiger charge is -2.37. The van der Waals surface area contributed by atoms with Crippen LogP contribution in [0.3, 0.4) is 0 Å². The molecule has 0 N–H and O–H groups in total. The number of alkyl halides is 5. The van der Waals surface area contributed by atoms with Crippen molar-refractivity contribution in [3.8, 4) is 0 Å². The maximum atomic E-state index is 12.8. The zero-order valence-electron chi connectivity index (χ0n) is 8.97. The van der Waals surface area contributed by atoms with Crippen molar-refractivity contribution in [3.63, 3.8) is 0 Å². The molecule has 1 rings (SSSR count). The average Bonchev–Trinajstić information content (AvgIpc) is 2.17. The summed E-state index contributed by atoms with van der Waals surface area (Å²) in [6.45, 7) is 3.34. The number of hydrogen-bond acceptors (Lipinski definition) is 2. The third kappa shape index (κ3) is 3.99. The Hall–Kier alpha value is 0.370. The fraction of sp³-hybridized carbons (Fsp3) is 1.00. The molecule has 7 heteroatoms. The van der Waals surface area contributed by atoms with Crippen molar-refractivity contribution in [1.82, 2.24) is 9.80 Å². The van der Waals surface area contributed by atoms with E-state index < -0.39 is 18.9 Å². The van der Waals surface area contributed by atoms with Crippen molar-refractivity contribution >= 4 is 22.6 Å². The molecule has 1 heterocycles. The van der Waals surface area contributed by atoms with Crippen LogP contribution in [-0.2, 0) is 0 Å². The molecule has 1 aliphatic rings. The quantitative estimate of drug-likeness (QED) is 0.331. The molecule has 0 spiro atoms. The highest BCUT2D eigenvalue weighted by molar-refractivity contribution is 14.1. The van der Waals surface area contributed by atoms with E-state index in [4.69, 9.17) is 0 Å². The van der Waals surface area contributed by atoms with E-state index >= 15 is 0 Å². The third-order valence-corrected chi connectivity index (χ3v) is 3.45. The lowest BCUT2D eigenvalue weighted by atomic mass is 10.2. The minimum absolute atomic E-state index is 0.343. The molecule has 0 radical (unpaired) electrons. The highest BCUT2D eigenvalue weighted by Gasteiger charge is 2.42. The second-order valence-electron chi connectivity index (χ2n) is 3.95. The molecule has 2 nitrogen and oxygen atoms in total. The Labute approximate surface area is 106 Å². The van der Waals surface area contributed by atoms with Gasteiger partial charge in [0.15, 0.2) is 0 Å². The van der Waals surface area contributed by atoms with Crippen LogP contribution in [0.4, 0.5) is 17.6 Å². The Morgan fingerprint density at radius 1 is 1.19 bits per heavy atom. The molecule has 1 unspecified atom stereocenters. The lowest BCUT2D eigenvalue weighted by Crippen LogP contribution is -2.52. The molecule has 0 amide bonds. The van der Waals surface area contributed by atoms with Crippen molar-refractivity contribution in [1.29, 1.82) is 0 Å². The molecule has 16 heavy (non-hydrogen) atoms. The molecule has 1 aliphatic heterocycles. The maximum absolute atomic E-state index is 12.8. The van der Waals surface area contributed by atoms with Crippen molar-refractivity contribution < 1.29 is 17.6 Å². The summed E-state index contributed by atoms with van der Waals surface area (Å²) >= 11 is 2.25. The first-order chi connectivity index (χ1) is 7.33. The smallest absolute Gasteiger partial charge is 0.295 e. The minimum atomic E-state index is -3.89. The highest BCUT2D eigenvalue weighted by Crippen LogP contribution is 2.24. The van der Waals surface area contributed by atoms with E-state index in [1.165, 1.54) is 4.90 Å². The van der Waals surface area contributed by atoms with Crippen molar-refractivity contribution in [2.45, 2.75) is 23.3 Å². The predicted octanol–water partition coefficient (Wildman–Crippen LogP) is 2.29. The number of halogens is 5. The van der Waals surface area contributed by atoms with Crippen LogP contribution in [0.25, 0.3) is 0 Å². The van der Waals surface area contributed by atoms with Crippen LogP contribution in [0.1, 0.15) is 6.92 Å². The number of rotatable bonds is 4. The predicted molar refractivity (Wildman–Crippen MR) is 62.4 cm³/mol. The maximum Gasteiger partial charge on any atom is 0.319 e. The van der Waals surface area contributed by atoms with Crippen LogP contribution >= 0.6 is 22.6 Å². The van der Waals surface area contributed by atoms with Gasteiger partial charge in [0.1, 0.15) is 0 Å². The van der Waals surface area contributed by atoms with Gasteiger partial charge in [-0.2, -0.15) is 8.78 Å². The summed E-state index contributed by atoms with van der Waals surface area (Å²) in [5.41, 5.74) is 0. The van der Waals surface area contributed by atoms with Crippen LogP contribution in [0.2, 0.25) is 0 Å². The summed E-state index contributed by atoms with van der Waals surface area (Å²) in [4.78, 5) is 3.54. The first-order valence-electron chi connectivity index (χ1n) is 5.09. The Bertz CT molecular complexity index is 218. The lowest BCUT2D eigenvalue weighted by molar-refractivity contribution is -0.145. The number of nitrogens with zero attached hydrogens (tertiary/aromatic N) is 2. The largest absolute Gasteiger partial charge is 0.319 e. The van der Waals surface area contributed by atoms with E-state index in [0.717, 1.165) is 0 Å². The molecule has 1 saturated heterocycles. The van der Waals surface area contributed by atoms with Gasteiger partial charge in [-0.1, -0.05) is 22.6 Å². The zero-order chi connectivity index (χ0) is 12.3. The van der Waals surface area contributed by atoms with E-state index in [0.29, 0.717) is 30.2 Å². The topological polar surface area (TPSA) is 6.48 Å². The average molecular weight is 354 g/mol. The van der Waals surface area contributed by atoms with Crippen LogP contribution in [0.5, 0.6) is 0 Å². The fourth-order valence-electron chi connectivity index (χ4n) is 1.64. The summed E-state index contributed by atoms with van der Waals surface area (Å²) < 4.78 is 49.9. The van der Waals surface area contributed by atoms with Gasteiger partial charge in [-0.25, -0.2) is 8.78 Å². The second-order valence-corrected chi connectivity index (χ2v) is 5.75. The van der Waals surface area contributed by atoms with Gasteiger partial charge < -0.3 is 0 Å². The van der Waals surface area contributed by atoms with Crippen molar-refractivity contribution in [3.05, 3.63) is 0 Å². The van der Waals surface area contributed by atoms with Gasteiger partial charge in [0.2, 0.25) is 0 Å². The summed E-state index contributed by atoms with van der Waals surface area (Å²) in [5.74, 6) is -3.89. The van der Waals surface area contributed by atoms with Gasteiger partial charge in [-0.3, -0.25) is 9.80 Å². The first kappa shape index (κ1) is 14.4. The Kier molecular flexibility index (Phi) is 5.24. The van der Waals surface area contributed by atoms with E-state index in [9.17, 15) is 17.6 Å². The summed E-state index contributed by atoms with van der Waals surface area (Å²) in [6, 6.07) is 0. The van der Waals surface area contributed by atoms with E-state index in [2.05, 4.69) is 27.5 Å². The van der Waals surface area contributed by atoms with E-state index in [1.807, 2.05) is 6.92 Å². The molecule has 0 aliphatic carbocycles. The second kappa shape index (κ2) is 5.81. The summed E-state index contributed by atoms with van der Waals surface area (Å²) in [5, 5.41) is 0. The SMILES string of the molecule is CC(I)N1CCN(CC(F)(F)C(F)F)CC1. The van der Waals surface area contributed by atoms with Gasteiger partial charge >= 0.3 is 12.3 Å². The van der Waals surface area contributed by atoms with Crippen LogP contribution < -0.4 is 0 Å². The molecule has 0 saturated carbocycles. The molecule has 0 aromatic rings. The molecular weight excluding hydrogens is 339 g/mol. The Morgan fingerprint density at radius 2 is 1.69 bits per heavy atom. The number of hydrogen-bond donors (Lipinski definition) is 0. The third-order valence-electron chi connectivity index (χ3n) is 2.66. The van der Waals surface area contributed by atoms with Crippen molar-refractivity contribution in [2.75, 3.05) is 32.7 Å². The molecule has 96 valence electrons.